The van der Waals surface area contributed by atoms with Crippen LogP contribution in [0, 0.1) is 5.41 Å². The molecular weight excluding hydrogens is 382 g/mol. The Morgan fingerprint density at radius 2 is 1.69 bits per heavy atom. The number of Topliss-reactive ketones (excluding diaryl/α,β-unsaturated/α-hetero) is 1. The molecule has 0 unspecified atom stereocenters. The van der Waals surface area contributed by atoms with Crippen molar-refractivity contribution in [3.63, 3.8) is 0 Å². The fourth-order valence-electron chi connectivity index (χ4n) is 3.28. The van der Waals surface area contributed by atoms with Gasteiger partial charge >= 0.3 is 0 Å². The molecule has 0 atom stereocenters. The van der Waals surface area contributed by atoms with E-state index in [9.17, 15) is 9.59 Å². The maximum absolute atomic E-state index is 13.2. The molecule has 0 aliphatic heterocycles. The monoisotopic (exact) mass is 417 g/mol. The fraction of sp³-hybridized carbons (Fsp3) is 0.583. The van der Waals surface area contributed by atoms with E-state index in [1.165, 1.54) is 11.3 Å². The Hall–Kier alpha value is -1.88. The van der Waals surface area contributed by atoms with Crippen molar-refractivity contribution in [2.24, 2.45) is 5.41 Å². The van der Waals surface area contributed by atoms with Crippen LogP contribution in [0.2, 0.25) is 0 Å². The van der Waals surface area contributed by atoms with Crippen LogP contribution in [0.3, 0.4) is 0 Å². The van der Waals surface area contributed by atoms with E-state index in [2.05, 4.69) is 13.8 Å². The molecule has 0 aliphatic rings. The van der Waals surface area contributed by atoms with Crippen LogP contribution in [0.15, 0.2) is 18.2 Å². The van der Waals surface area contributed by atoms with E-state index in [1.54, 1.807) is 7.11 Å². The van der Waals surface area contributed by atoms with Crippen LogP contribution in [-0.2, 0) is 11.2 Å². The number of amides is 1. The van der Waals surface area contributed by atoms with Gasteiger partial charge in [-0.2, -0.15) is 0 Å². The largest absolute Gasteiger partial charge is 0.497 e. The summed E-state index contributed by atoms with van der Waals surface area (Å²) in [5, 5.41) is 0.959. The SMILES string of the molecule is CCCCN(CCCC)C(=O)Cc1c(C(=O)C(C)(C)C)sc2ccc(OC)cc12. The molecule has 1 amide bonds. The van der Waals surface area contributed by atoms with Crippen molar-refractivity contribution < 1.29 is 14.3 Å². The molecule has 160 valence electrons. The highest BCUT2D eigenvalue weighted by molar-refractivity contribution is 7.21. The molecule has 1 heterocycles. The Balaban J connectivity index is 2.47. The lowest BCUT2D eigenvalue weighted by atomic mass is 9.88. The smallest absolute Gasteiger partial charge is 0.227 e. The van der Waals surface area contributed by atoms with E-state index in [4.69, 9.17) is 4.74 Å². The summed E-state index contributed by atoms with van der Waals surface area (Å²) in [6.45, 7) is 11.6. The van der Waals surface area contributed by atoms with Gasteiger partial charge in [0.05, 0.1) is 18.4 Å². The van der Waals surface area contributed by atoms with Gasteiger partial charge in [0.25, 0.3) is 0 Å². The van der Waals surface area contributed by atoms with Crippen LogP contribution in [0.4, 0.5) is 0 Å². The van der Waals surface area contributed by atoms with Crippen LogP contribution in [0.1, 0.15) is 75.5 Å². The molecule has 0 spiro atoms. The predicted molar refractivity (Wildman–Crippen MR) is 122 cm³/mol. The summed E-state index contributed by atoms with van der Waals surface area (Å²) in [6.07, 6.45) is 4.38. The first kappa shape index (κ1) is 23.4. The number of unbranched alkanes of at least 4 members (excludes halogenated alkanes) is 2. The van der Waals surface area contributed by atoms with Gasteiger partial charge in [0.2, 0.25) is 5.91 Å². The first-order valence-corrected chi connectivity index (χ1v) is 11.5. The van der Waals surface area contributed by atoms with Crippen molar-refractivity contribution in [2.45, 2.75) is 66.7 Å². The van der Waals surface area contributed by atoms with E-state index < -0.39 is 5.41 Å². The van der Waals surface area contributed by atoms with Gasteiger partial charge < -0.3 is 9.64 Å². The summed E-state index contributed by atoms with van der Waals surface area (Å²) in [4.78, 5) is 29.1. The summed E-state index contributed by atoms with van der Waals surface area (Å²) < 4.78 is 6.42. The second-order valence-electron chi connectivity index (χ2n) is 8.62. The van der Waals surface area contributed by atoms with Gasteiger partial charge in [0.1, 0.15) is 5.75 Å². The zero-order valence-electron chi connectivity index (χ0n) is 18.8. The molecule has 2 rings (SSSR count). The highest BCUT2D eigenvalue weighted by Gasteiger charge is 2.29. The Morgan fingerprint density at radius 1 is 1.07 bits per heavy atom. The lowest BCUT2D eigenvalue weighted by Gasteiger charge is -2.23. The average molecular weight is 418 g/mol. The number of hydrogen-bond acceptors (Lipinski definition) is 4. The average Bonchev–Trinajstić information content (AvgIpc) is 3.03. The molecule has 0 saturated heterocycles. The van der Waals surface area contributed by atoms with E-state index in [0.29, 0.717) is 4.88 Å². The van der Waals surface area contributed by atoms with Crippen molar-refractivity contribution in [1.29, 1.82) is 0 Å². The molecule has 0 N–H and O–H groups in total. The molecule has 1 aromatic carbocycles. The van der Waals surface area contributed by atoms with Gasteiger partial charge in [0, 0.05) is 28.6 Å². The van der Waals surface area contributed by atoms with Crippen LogP contribution in [0.25, 0.3) is 10.1 Å². The molecule has 5 heteroatoms. The minimum Gasteiger partial charge on any atom is -0.497 e. The van der Waals surface area contributed by atoms with Crippen LogP contribution < -0.4 is 4.74 Å². The van der Waals surface area contributed by atoms with E-state index >= 15 is 0 Å². The zero-order valence-corrected chi connectivity index (χ0v) is 19.6. The lowest BCUT2D eigenvalue weighted by Crippen LogP contribution is -2.34. The summed E-state index contributed by atoms with van der Waals surface area (Å²) >= 11 is 1.49. The van der Waals surface area contributed by atoms with Gasteiger partial charge in [-0.1, -0.05) is 47.5 Å². The number of rotatable bonds is 10. The first-order valence-electron chi connectivity index (χ1n) is 10.6. The van der Waals surface area contributed by atoms with E-state index in [1.807, 2.05) is 43.9 Å². The zero-order chi connectivity index (χ0) is 21.6. The minimum absolute atomic E-state index is 0.0918. The molecule has 29 heavy (non-hydrogen) atoms. The van der Waals surface area contributed by atoms with Crippen molar-refractivity contribution in [3.05, 3.63) is 28.6 Å². The second kappa shape index (κ2) is 10.2. The Morgan fingerprint density at radius 3 is 2.21 bits per heavy atom. The third-order valence-corrected chi connectivity index (χ3v) is 6.34. The molecule has 0 saturated carbocycles. The topological polar surface area (TPSA) is 46.6 Å². The normalized spacial score (nSPS) is 11.7. The second-order valence-corrected chi connectivity index (χ2v) is 9.67. The quantitative estimate of drug-likeness (QED) is 0.438. The fourth-order valence-corrected chi connectivity index (χ4v) is 4.63. The van der Waals surface area contributed by atoms with Gasteiger partial charge in [-0.25, -0.2) is 0 Å². The Bertz CT molecular complexity index is 840. The summed E-state index contributed by atoms with van der Waals surface area (Å²) in [5.74, 6) is 0.944. The van der Waals surface area contributed by atoms with Crippen molar-refractivity contribution >= 4 is 33.1 Å². The molecule has 4 nitrogen and oxygen atoms in total. The standard InChI is InChI=1S/C24H35NO3S/c1-7-9-13-25(14-10-8-2)21(26)16-19-18-15-17(28-6)11-12-20(18)29-22(19)23(27)24(3,4)5/h11-12,15H,7-10,13-14,16H2,1-6H3. The van der Waals surface area contributed by atoms with Crippen LogP contribution in [0.5, 0.6) is 5.75 Å². The third-order valence-electron chi connectivity index (χ3n) is 5.13. The Labute approximate surface area is 179 Å². The number of nitrogens with zero attached hydrogens (tertiary/aromatic N) is 1. The van der Waals surface area contributed by atoms with E-state index in [0.717, 1.165) is 60.2 Å². The van der Waals surface area contributed by atoms with Crippen molar-refractivity contribution in [2.75, 3.05) is 20.2 Å². The molecule has 0 radical (unpaired) electrons. The summed E-state index contributed by atoms with van der Waals surface area (Å²) in [5.41, 5.74) is 0.360. The maximum Gasteiger partial charge on any atom is 0.227 e. The van der Waals surface area contributed by atoms with Crippen LogP contribution >= 0.6 is 11.3 Å². The van der Waals surface area contributed by atoms with Gasteiger partial charge in [-0.3, -0.25) is 9.59 Å². The van der Waals surface area contributed by atoms with Crippen LogP contribution in [-0.4, -0.2) is 36.8 Å². The van der Waals surface area contributed by atoms with Gasteiger partial charge in [-0.05, 0) is 36.6 Å². The number of methoxy groups -OCH3 is 1. The number of carbonyl (C=O) groups is 2. The molecule has 2 aromatic rings. The summed E-state index contributed by atoms with van der Waals surface area (Å²) in [7, 11) is 1.64. The van der Waals surface area contributed by atoms with Crippen molar-refractivity contribution in [3.8, 4) is 5.75 Å². The highest BCUT2D eigenvalue weighted by atomic mass is 32.1. The number of fused-ring (bicyclic) bond motifs is 1. The lowest BCUT2D eigenvalue weighted by molar-refractivity contribution is -0.130. The minimum atomic E-state index is -0.493. The summed E-state index contributed by atoms with van der Waals surface area (Å²) in [6, 6.07) is 5.85. The van der Waals surface area contributed by atoms with Gasteiger partial charge in [-0.15, -0.1) is 11.3 Å². The molecule has 0 aliphatic carbocycles. The van der Waals surface area contributed by atoms with Gasteiger partial charge in [0.15, 0.2) is 5.78 Å². The highest BCUT2D eigenvalue weighted by Crippen LogP contribution is 2.37. The number of carbonyl (C=O) groups excluding carboxylic acids is 2. The molecular formula is C24H35NO3S. The molecule has 0 bridgehead atoms. The molecule has 1 aromatic heterocycles. The third kappa shape index (κ3) is 5.81. The van der Waals surface area contributed by atoms with Crippen molar-refractivity contribution in [1.82, 2.24) is 4.90 Å². The predicted octanol–water partition coefficient (Wildman–Crippen LogP) is 6.11. The maximum atomic E-state index is 13.2. The first-order chi connectivity index (χ1) is 13.7. The number of ether oxygens (including phenoxy) is 1. The number of ketones is 1. The molecule has 0 fully saturated rings. The number of thiophene rings is 1. The van der Waals surface area contributed by atoms with E-state index in [-0.39, 0.29) is 18.1 Å². The number of benzene rings is 1. The number of hydrogen-bond donors (Lipinski definition) is 0. The Kier molecular flexibility index (Phi) is 8.26.